The molecule has 0 atom stereocenters. The van der Waals surface area contributed by atoms with Gasteiger partial charge in [-0.15, -0.1) is 11.8 Å². The molecule has 0 aliphatic heterocycles. The zero-order valence-corrected chi connectivity index (χ0v) is 8.90. The fraction of sp³-hybridized carbons (Fsp3) is 0.364. The van der Waals surface area contributed by atoms with Gasteiger partial charge in [0, 0.05) is 11.3 Å². The Kier molecular flexibility index (Phi) is 4.03. The van der Waals surface area contributed by atoms with Crippen LogP contribution in [0.3, 0.4) is 0 Å². The first-order chi connectivity index (χ1) is 6.20. The van der Waals surface area contributed by atoms with Crippen LogP contribution in [0.1, 0.15) is 19.4 Å². The lowest BCUT2D eigenvalue weighted by molar-refractivity contribution is 0.752. The van der Waals surface area contributed by atoms with E-state index in [1.54, 1.807) is 11.8 Å². The van der Waals surface area contributed by atoms with Gasteiger partial charge in [-0.1, -0.05) is 44.2 Å². The number of nitrogens with one attached hydrogen (secondary N) is 1. The van der Waals surface area contributed by atoms with Gasteiger partial charge in [-0.25, -0.2) is 0 Å². The summed E-state index contributed by atoms with van der Waals surface area (Å²) in [7, 11) is 0. The highest BCUT2D eigenvalue weighted by atomic mass is 32.2. The van der Waals surface area contributed by atoms with Gasteiger partial charge in [0.15, 0.2) is 0 Å². The minimum absolute atomic E-state index is 0.647. The molecule has 0 radical (unpaired) electrons. The Labute approximate surface area is 84.1 Å². The Morgan fingerprint density at radius 1 is 1.31 bits per heavy atom. The number of rotatable bonds is 3. The molecule has 0 fully saturated rings. The van der Waals surface area contributed by atoms with Crippen LogP contribution in [0, 0.1) is 11.3 Å². The average molecular weight is 193 g/mol. The Morgan fingerprint density at radius 2 is 1.92 bits per heavy atom. The third-order valence-electron chi connectivity index (χ3n) is 1.60. The van der Waals surface area contributed by atoms with E-state index in [9.17, 15) is 0 Å². The minimum atomic E-state index is 0.647. The summed E-state index contributed by atoms with van der Waals surface area (Å²) in [4.78, 5) is 0. The average Bonchev–Trinajstić information content (AvgIpc) is 2.15. The highest BCUT2D eigenvalue weighted by Gasteiger charge is 2.02. The van der Waals surface area contributed by atoms with Crippen molar-refractivity contribution in [1.82, 2.24) is 0 Å². The standard InChI is InChI=1S/C11H15NS/c1-9(2)8-13-11(12)10-6-4-3-5-7-10/h3-7,9,12H,8H2,1-2H3. The van der Waals surface area contributed by atoms with E-state index < -0.39 is 0 Å². The summed E-state index contributed by atoms with van der Waals surface area (Å²) in [6.07, 6.45) is 0. The normalized spacial score (nSPS) is 10.4. The van der Waals surface area contributed by atoms with Crippen molar-refractivity contribution in [2.24, 2.45) is 5.92 Å². The number of hydrogen-bond acceptors (Lipinski definition) is 2. The summed E-state index contributed by atoms with van der Waals surface area (Å²) in [6, 6.07) is 9.88. The predicted octanol–water partition coefficient (Wildman–Crippen LogP) is 3.40. The maximum atomic E-state index is 7.79. The second-order valence-corrected chi connectivity index (χ2v) is 4.43. The van der Waals surface area contributed by atoms with Crippen LogP contribution < -0.4 is 0 Å². The van der Waals surface area contributed by atoms with Gasteiger partial charge in [-0.05, 0) is 5.92 Å². The third kappa shape index (κ3) is 3.64. The van der Waals surface area contributed by atoms with E-state index in [4.69, 9.17) is 5.41 Å². The Bertz CT molecular complexity index is 267. The molecule has 13 heavy (non-hydrogen) atoms. The van der Waals surface area contributed by atoms with Crippen molar-refractivity contribution in [3.63, 3.8) is 0 Å². The molecule has 0 heterocycles. The number of thioether (sulfide) groups is 1. The van der Waals surface area contributed by atoms with E-state index in [2.05, 4.69) is 13.8 Å². The van der Waals surface area contributed by atoms with Crippen LogP contribution in [0.2, 0.25) is 0 Å². The molecule has 0 unspecified atom stereocenters. The van der Waals surface area contributed by atoms with Gasteiger partial charge >= 0.3 is 0 Å². The fourth-order valence-corrected chi connectivity index (χ4v) is 1.73. The molecule has 1 aromatic carbocycles. The summed E-state index contributed by atoms with van der Waals surface area (Å²) in [5.41, 5.74) is 1.02. The molecule has 0 saturated heterocycles. The van der Waals surface area contributed by atoms with Gasteiger partial charge in [-0.3, -0.25) is 5.41 Å². The molecule has 0 aliphatic carbocycles. The van der Waals surface area contributed by atoms with Crippen LogP contribution in [0.25, 0.3) is 0 Å². The molecule has 0 aliphatic rings. The van der Waals surface area contributed by atoms with E-state index >= 15 is 0 Å². The first kappa shape index (κ1) is 10.3. The van der Waals surface area contributed by atoms with Crippen molar-refractivity contribution in [3.05, 3.63) is 35.9 Å². The second kappa shape index (κ2) is 5.07. The molecular formula is C11H15NS. The summed E-state index contributed by atoms with van der Waals surface area (Å²) < 4.78 is 0. The molecule has 0 bridgehead atoms. The molecular weight excluding hydrogens is 178 g/mol. The number of hydrogen-bond donors (Lipinski definition) is 1. The van der Waals surface area contributed by atoms with Crippen LogP contribution in [-0.4, -0.2) is 10.8 Å². The molecule has 1 nitrogen and oxygen atoms in total. The predicted molar refractivity (Wildman–Crippen MR) is 60.6 cm³/mol. The Hall–Kier alpha value is -0.760. The van der Waals surface area contributed by atoms with E-state index in [1.165, 1.54) is 0 Å². The number of benzene rings is 1. The van der Waals surface area contributed by atoms with Gasteiger partial charge in [0.1, 0.15) is 0 Å². The van der Waals surface area contributed by atoms with Crippen molar-refractivity contribution in [1.29, 1.82) is 5.41 Å². The van der Waals surface area contributed by atoms with Crippen molar-refractivity contribution in [2.75, 3.05) is 5.75 Å². The topological polar surface area (TPSA) is 23.9 Å². The van der Waals surface area contributed by atoms with Gasteiger partial charge in [0.25, 0.3) is 0 Å². The largest absolute Gasteiger partial charge is 0.293 e. The summed E-state index contributed by atoms with van der Waals surface area (Å²) >= 11 is 1.62. The first-order valence-electron chi connectivity index (χ1n) is 4.47. The zero-order valence-electron chi connectivity index (χ0n) is 8.08. The minimum Gasteiger partial charge on any atom is -0.293 e. The van der Waals surface area contributed by atoms with E-state index in [0.29, 0.717) is 11.0 Å². The molecule has 1 aromatic rings. The highest BCUT2D eigenvalue weighted by molar-refractivity contribution is 8.14. The van der Waals surface area contributed by atoms with Gasteiger partial charge in [0.2, 0.25) is 0 Å². The molecule has 0 spiro atoms. The van der Waals surface area contributed by atoms with Crippen LogP contribution in [0.4, 0.5) is 0 Å². The quantitative estimate of drug-likeness (QED) is 0.577. The summed E-state index contributed by atoms with van der Waals surface area (Å²) in [6.45, 7) is 4.34. The van der Waals surface area contributed by atoms with Crippen molar-refractivity contribution in [2.45, 2.75) is 13.8 Å². The van der Waals surface area contributed by atoms with Crippen LogP contribution >= 0.6 is 11.8 Å². The van der Waals surface area contributed by atoms with E-state index in [1.807, 2.05) is 30.3 Å². The molecule has 0 amide bonds. The maximum Gasteiger partial charge on any atom is 0.0942 e. The smallest absolute Gasteiger partial charge is 0.0942 e. The monoisotopic (exact) mass is 193 g/mol. The molecule has 1 rings (SSSR count). The highest BCUT2D eigenvalue weighted by Crippen LogP contribution is 2.14. The van der Waals surface area contributed by atoms with Crippen molar-refractivity contribution < 1.29 is 0 Å². The third-order valence-corrected chi connectivity index (χ3v) is 2.95. The molecule has 0 saturated carbocycles. The molecule has 70 valence electrons. The van der Waals surface area contributed by atoms with E-state index in [-0.39, 0.29) is 0 Å². The van der Waals surface area contributed by atoms with E-state index in [0.717, 1.165) is 11.3 Å². The maximum absolute atomic E-state index is 7.79. The molecule has 0 aromatic heterocycles. The SMILES string of the molecule is CC(C)CSC(=N)c1ccccc1. The van der Waals surface area contributed by atoms with Gasteiger partial charge in [0.05, 0.1) is 5.04 Å². The van der Waals surface area contributed by atoms with Crippen LogP contribution in [0.15, 0.2) is 30.3 Å². The fourth-order valence-electron chi connectivity index (χ4n) is 0.923. The van der Waals surface area contributed by atoms with Gasteiger partial charge in [-0.2, -0.15) is 0 Å². The Morgan fingerprint density at radius 3 is 2.46 bits per heavy atom. The molecule has 1 N–H and O–H groups in total. The van der Waals surface area contributed by atoms with Gasteiger partial charge < -0.3 is 0 Å². The summed E-state index contributed by atoms with van der Waals surface area (Å²) in [5, 5.41) is 8.46. The Balaban J connectivity index is 2.50. The molecule has 2 heteroatoms. The van der Waals surface area contributed by atoms with Crippen molar-refractivity contribution in [3.8, 4) is 0 Å². The van der Waals surface area contributed by atoms with Crippen molar-refractivity contribution >= 4 is 16.8 Å². The first-order valence-corrected chi connectivity index (χ1v) is 5.45. The second-order valence-electron chi connectivity index (χ2n) is 3.40. The summed E-state index contributed by atoms with van der Waals surface area (Å²) in [5.74, 6) is 1.67. The lowest BCUT2D eigenvalue weighted by atomic mass is 10.2. The van der Waals surface area contributed by atoms with Crippen LogP contribution in [0.5, 0.6) is 0 Å². The lowest BCUT2D eigenvalue weighted by Crippen LogP contribution is -1.98. The van der Waals surface area contributed by atoms with Crippen LogP contribution in [-0.2, 0) is 0 Å². The zero-order chi connectivity index (χ0) is 9.68. The lowest BCUT2D eigenvalue weighted by Gasteiger charge is -2.05.